The standard InChI is InChI=1S/C12H26N2/c1-10-7-11(9-13(5)6)14(8-10)12(2,3)4/h10-11H,7-9H2,1-6H3/t10-,11+/m0/s1. The highest BCUT2D eigenvalue weighted by Gasteiger charge is 2.36. The summed E-state index contributed by atoms with van der Waals surface area (Å²) in [6.07, 6.45) is 1.36. The number of nitrogens with zero attached hydrogens (tertiary/aromatic N) is 2. The van der Waals surface area contributed by atoms with Gasteiger partial charge in [-0.05, 0) is 47.2 Å². The zero-order valence-electron chi connectivity index (χ0n) is 10.7. The average Bonchev–Trinajstić information content (AvgIpc) is 2.28. The first kappa shape index (κ1) is 12.0. The van der Waals surface area contributed by atoms with Gasteiger partial charge < -0.3 is 4.90 Å². The van der Waals surface area contributed by atoms with E-state index < -0.39 is 0 Å². The van der Waals surface area contributed by atoms with Gasteiger partial charge in [0.15, 0.2) is 0 Å². The van der Waals surface area contributed by atoms with Crippen LogP contribution in [0.5, 0.6) is 0 Å². The third kappa shape index (κ3) is 2.96. The SMILES string of the molecule is C[C@H]1C[C@H](CN(C)C)N(C(C)(C)C)C1. The quantitative estimate of drug-likeness (QED) is 0.670. The van der Waals surface area contributed by atoms with Crippen molar-refractivity contribution >= 4 is 0 Å². The van der Waals surface area contributed by atoms with Crippen LogP contribution in [-0.4, -0.2) is 48.6 Å². The fourth-order valence-corrected chi connectivity index (χ4v) is 2.57. The van der Waals surface area contributed by atoms with Crippen molar-refractivity contribution < 1.29 is 0 Å². The fraction of sp³-hybridized carbons (Fsp3) is 1.00. The van der Waals surface area contributed by atoms with E-state index in [4.69, 9.17) is 0 Å². The van der Waals surface area contributed by atoms with E-state index in [-0.39, 0.29) is 0 Å². The van der Waals surface area contributed by atoms with Gasteiger partial charge in [-0.15, -0.1) is 0 Å². The maximum Gasteiger partial charge on any atom is 0.0231 e. The second kappa shape index (κ2) is 4.19. The smallest absolute Gasteiger partial charge is 0.0231 e. The van der Waals surface area contributed by atoms with Crippen molar-refractivity contribution in [3.8, 4) is 0 Å². The van der Waals surface area contributed by atoms with E-state index in [1.165, 1.54) is 19.5 Å². The van der Waals surface area contributed by atoms with E-state index in [1.54, 1.807) is 0 Å². The van der Waals surface area contributed by atoms with Gasteiger partial charge in [-0.1, -0.05) is 6.92 Å². The monoisotopic (exact) mass is 198 g/mol. The van der Waals surface area contributed by atoms with Gasteiger partial charge in [0, 0.05) is 24.7 Å². The van der Waals surface area contributed by atoms with Crippen molar-refractivity contribution in [2.24, 2.45) is 5.92 Å². The van der Waals surface area contributed by atoms with Crippen LogP contribution in [-0.2, 0) is 0 Å². The molecule has 0 spiro atoms. The molecule has 0 radical (unpaired) electrons. The van der Waals surface area contributed by atoms with Gasteiger partial charge in [-0.3, -0.25) is 4.90 Å². The van der Waals surface area contributed by atoms with E-state index in [1.807, 2.05) is 0 Å². The summed E-state index contributed by atoms with van der Waals surface area (Å²) in [5.74, 6) is 0.860. The minimum Gasteiger partial charge on any atom is -0.308 e. The predicted molar refractivity (Wildman–Crippen MR) is 62.6 cm³/mol. The molecule has 2 atom stereocenters. The molecular weight excluding hydrogens is 172 g/mol. The molecule has 2 nitrogen and oxygen atoms in total. The minimum absolute atomic E-state index is 0.325. The van der Waals surface area contributed by atoms with Gasteiger partial charge in [0.05, 0.1) is 0 Å². The lowest BCUT2D eigenvalue weighted by Crippen LogP contribution is -2.48. The predicted octanol–water partition coefficient (Wildman–Crippen LogP) is 2.06. The number of likely N-dealkylation sites (N-methyl/N-ethyl adjacent to an activating group) is 1. The molecule has 84 valence electrons. The molecule has 0 amide bonds. The maximum absolute atomic E-state index is 2.66. The molecule has 0 aromatic rings. The summed E-state index contributed by atoms with van der Waals surface area (Å²) < 4.78 is 0. The first-order valence-electron chi connectivity index (χ1n) is 5.72. The Bertz CT molecular complexity index is 181. The zero-order chi connectivity index (χ0) is 10.9. The molecule has 0 saturated carbocycles. The van der Waals surface area contributed by atoms with Gasteiger partial charge >= 0.3 is 0 Å². The molecule has 1 aliphatic rings. The van der Waals surface area contributed by atoms with Crippen LogP contribution in [0.15, 0.2) is 0 Å². The van der Waals surface area contributed by atoms with E-state index in [0.717, 1.165) is 12.0 Å². The topological polar surface area (TPSA) is 6.48 Å². The van der Waals surface area contributed by atoms with Crippen molar-refractivity contribution in [3.05, 3.63) is 0 Å². The molecule has 0 unspecified atom stereocenters. The van der Waals surface area contributed by atoms with Crippen molar-refractivity contribution in [1.82, 2.24) is 9.80 Å². The normalized spacial score (nSPS) is 30.2. The Morgan fingerprint density at radius 2 is 1.86 bits per heavy atom. The molecule has 2 heteroatoms. The summed E-state index contributed by atoms with van der Waals surface area (Å²) in [7, 11) is 4.34. The molecule has 1 rings (SSSR count). The van der Waals surface area contributed by atoms with Gasteiger partial charge in [-0.2, -0.15) is 0 Å². The molecule has 1 fully saturated rings. The maximum atomic E-state index is 2.66. The molecule has 1 saturated heterocycles. The average molecular weight is 198 g/mol. The first-order valence-corrected chi connectivity index (χ1v) is 5.72. The number of likely N-dealkylation sites (tertiary alicyclic amines) is 1. The first-order chi connectivity index (χ1) is 6.30. The Kier molecular flexibility index (Phi) is 3.59. The Hall–Kier alpha value is -0.0800. The van der Waals surface area contributed by atoms with E-state index in [9.17, 15) is 0 Å². The summed E-state index contributed by atoms with van der Waals surface area (Å²) >= 11 is 0. The summed E-state index contributed by atoms with van der Waals surface area (Å²) in [6.45, 7) is 11.8. The van der Waals surface area contributed by atoms with Crippen molar-refractivity contribution in [2.75, 3.05) is 27.2 Å². The van der Waals surface area contributed by atoms with E-state index in [2.05, 4.69) is 51.6 Å². The van der Waals surface area contributed by atoms with E-state index in [0.29, 0.717) is 5.54 Å². The van der Waals surface area contributed by atoms with Crippen LogP contribution in [0, 0.1) is 5.92 Å². The molecule has 0 aromatic carbocycles. The van der Waals surface area contributed by atoms with Gasteiger partial charge in [0.25, 0.3) is 0 Å². The number of hydrogen-bond donors (Lipinski definition) is 0. The second-order valence-corrected chi connectivity index (χ2v) is 6.08. The van der Waals surface area contributed by atoms with Crippen LogP contribution in [0.1, 0.15) is 34.1 Å². The number of rotatable bonds is 2. The summed E-state index contributed by atoms with van der Waals surface area (Å²) in [5, 5.41) is 0. The lowest BCUT2D eigenvalue weighted by molar-refractivity contribution is 0.102. The highest BCUT2D eigenvalue weighted by atomic mass is 15.3. The Morgan fingerprint density at radius 3 is 2.29 bits per heavy atom. The highest BCUT2D eigenvalue weighted by molar-refractivity contribution is 4.91. The van der Waals surface area contributed by atoms with Crippen LogP contribution in [0.2, 0.25) is 0 Å². The van der Waals surface area contributed by atoms with E-state index >= 15 is 0 Å². The van der Waals surface area contributed by atoms with Gasteiger partial charge in [0.1, 0.15) is 0 Å². The van der Waals surface area contributed by atoms with Crippen molar-refractivity contribution in [2.45, 2.75) is 45.7 Å². The Morgan fingerprint density at radius 1 is 1.29 bits per heavy atom. The van der Waals surface area contributed by atoms with Crippen molar-refractivity contribution in [1.29, 1.82) is 0 Å². The lowest BCUT2D eigenvalue weighted by atomic mass is 10.0. The second-order valence-electron chi connectivity index (χ2n) is 6.08. The van der Waals surface area contributed by atoms with Crippen LogP contribution >= 0.6 is 0 Å². The molecule has 14 heavy (non-hydrogen) atoms. The van der Waals surface area contributed by atoms with Crippen LogP contribution < -0.4 is 0 Å². The molecule has 0 bridgehead atoms. The minimum atomic E-state index is 0.325. The van der Waals surface area contributed by atoms with Crippen LogP contribution in [0.25, 0.3) is 0 Å². The molecule has 0 aromatic heterocycles. The largest absolute Gasteiger partial charge is 0.308 e. The highest BCUT2D eigenvalue weighted by Crippen LogP contribution is 2.29. The Labute approximate surface area is 89.3 Å². The molecule has 0 aliphatic carbocycles. The summed E-state index contributed by atoms with van der Waals surface area (Å²) in [5.41, 5.74) is 0.325. The zero-order valence-corrected chi connectivity index (χ0v) is 10.7. The molecule has 1 aliphatic heterocycles. The molecular formula is C12H26N2. The molecule has 0 N–H and O–H groups in total. The summed E-state index contributed by atoms with van der Waals surface area (Å²) in [6, 6.07) is 0.750. The summed E-state index contributed by atoms with van der Waals surface area (Å²) in [4.78, 5) is 4.97. The number of hydrogen-bond acceptors (Lipinski definition) is 2. The molecule has 1 heterocycles. The third-order valence-electron chi connectivity index (χ3n) is 3.06. The third-order valence-corrected chi connectivity index (χ3v) is 3.06. The van der Waals surface area contributed by atoms with Gasteiger partial charge in [0.2, 0.25) is 0 Å². The fourth-order valence-electron chi connectivity index (χ4n) is 2.57. The van der Waals surface area contributed by atoms with Gasteiger partial charge in [-0.25, -0.2) is 0 Å². The van der Waals surface area contributed by atoms with Crippen LogP contribution in [0.4, 0.5) is 0 Å². The lowest BCUT2D eigenvalue weighted by Gasteiger charge is -2.38. The Balaban J connectivity index is 2.63. The van der Waals surface area contributed by atoms with Crippen molar-refractivity contribution in [3.63, 3.8) is 0 Å². The van der Waals surface area contributed by atoms with Crippen LogP contribution in [0.3, 0.4) is 0 Å².